The molecule has 0 N–H and O–H groups in total. The maximum Gasteiger partial charge on any atom is 0.229 e. The van der Waals surface area contributed by atoms with E-state index >= 15 is 0 Å². The highest BCUT2D eigenvalue weighted by molar-refractivity contribution is 7.22. The van der Waals surface area contributed by atoms with Gasteiger partial charge in [-0.25, -0.2) is 4.98 Å². The zero-order valence-electron chi connectivity index (χ0n) is 16.2. The lowest BCUT2D eigenvalue weighted by atomic mass is 10.1. The zero-order valence-corrected chi connectivity index (χ0v) is 17.0. The Labute approximate surface area is 164 Å². The highest BCUT2D eigenvalue weighted by Crippen LogP contribution is 2.33. The van der Waals surface area contributed by atoms with E-state index in [1.807, 2.05) is 35.2 Å². The van der Waals surface area contributed by atoms with Crippen LogP contribution >= 0.6 is 11.3 Å². The quantitative estimate of drug-likeness (QED) is 0.499. The molecule has 0 aliphatic heterocycles. The number of fused-ring (bicyclic) bond motifs is 1. The van der Waals surface area contributed by atoms with Gasteiger partial charge < -0.3 is 4.74 Å². The van der Waals surface area contributed by atoms with Gasteiger partial charge in [-0.3, -0.25) is 9.69 Å². The second-order valence-electron chi connectivity index (χ2n) is 6.77. The van der Waals surface area contributed by atoms with E-state index in [0.29, 0.717) is 19.6 Å². The number of aryl methyl sites for hydroxylation is 2. The molecule has 0 saturated carbocycles. The molecule has 142 valence electrons. The number of carbonyl (C=O) groups is 1. The number of hydrogen-bond donors (Lipinski definition) is 0. The van der Waals surface area contributed by atoms with Crippen LogP contribution in [0.1, 0.15) is 36.0 Å². The van der Waals surface area contributed by atoms with E-state index in [9.17, 15) is 4.79 Å². The summed E-state index contributed by atoms with van der Waals surface area (Å²) in [4.78, 5) is 19.7. The summed E-state index contributed by atoms with van der Waals surface area (Å²) in [5, 5.41) is 0.777. The third-order valence-corrected chi connectivity index (χ3v) is 5.82. The molecule has 0 fully saturated rings. The van der Waals surface area contributed by atoms with E-state index in [1.165, 1.54) is 11.1 Å². The largest absolute Gasteiger partial charge is 0.385 e. The number of hydrogen-bond acceptors (Lipinski definition) is 4. The lowest BCUT2D eigenvalue weighted by Crippen LogP contribution is -2.30. The summed E-state index contributed by atoms with van der Waals surface area (Å²) in [5.41, 5.74) is 4.51. The van der Waals surface area contributed by atoms with E-state index in [2.05, 4.69) is 26.0 Å². The van der Waals surface area contributed by atoms with Gasteiger partial charge in [0.2, 0.25) is 5.91 Å². The van der Waals surface area contributed by atoms with E-state index in [-0.39, 0.29) is 5.91 Å². The Morgan fingerprint density at radius 1 is 1.11 bits per heavy atom. The van der Waals surface area contributed by atoms with Gasteiger partial charge in [0.25, 0.3) is 0 Å². The summed E-state index contributed by atoms with van der Waals surface area (Å²) in [6.07, 6.45) is 2.21. The Hall–Kier alpha value is -2.24. The lowest BCUT2D eigenvalue weighted by molar-refractivity contribution is -0.118. The average Bonchev–Trinajstić information content (AvgIpc) is 3.11. The van der Waals surface area contributed by atoms with Gasteiger partial charge in [-0.1, -0.05) is 47.7 Å². The zero-order chi connectivity index (χ0) is 19.2. The molecule has 0 spiro atoms. The predicted molar refractivity (Wildman–Crippen MR) is 112 cm³/mol. The smallest absolute Gasteiger partial charge is 0.229 e. The molecule has 3 rings (SSSR count). The number of aromatic nitrogens is 1. The number of ether oxygens (including phenoxy) is 1. The Morgan fingerprint density at radius 3 is 2.63 bits per heavy atom. The molecule has 5 heteroatoms. The molecule has 0 bridgehead atoms. The Kier molecular flexibility index (Phi) is 6.58. The lowest BCUT2D eigenvalue weighted by Gasteiger charge is -2.20. The minimum absolute atomic E-state index is 0.114. The molecule has 0 atom stereocenters. The van der Waals surface area contributed by atoms with Crippen LogP contribution in [0.25, 0.3) is 10.2 Å². The minimum atomic E-state index is 0.114. The van der Waals surface area contributed by atoms with Crippen molar-refractivity contribution >= 4 is 32.6 Å². The molecule has 1 amide bonds. The number of unbranched alkanes of at least 4 members (excludes halogenated alkanes) is 1. The SMILES string of the molecule is COCCCCC(=O)N(Cc1ccccc1)c1nc2c(C)c(C)ccc2s1. The van der Waals surface area contributed by atoms with Gasteiger partial charge in [0.05, 0.1) is 16.8 Å². The van der Waals surface area contributed by atoms with E-state index < -0.39 is 0 Å². The molecule has 0 aliphatic rings. The monoisotopic (exact) mass is 382 g/mol. The van der Waals surface area contributed by atoms with Crippen molar-refractivity contribution in [1.82, 2.24) is 4.98 Å². The first kappa shape index (κ1) is 19.5. The number of methoxy groups -OCH3 is 1. The Morgan fingerprint density at radius 2 is 1.89 bits per heavy atom. The highest BCUT2D eigenvalue weighted by Gasteiger charge is 2.20. The maximum absolute atomic E-state index is 13.0. The van der Waals surface area contributed by atoms with Crippen molar-refractivity contribution in [2.75, 3.05) is 18.6 Å². The van der Waals surface area contributed by atoms with Crippen molar-refractivity contribution in [3.63, 3.8) is 0 Å². The van der Waals surface area contributed by atoms with Gasteiger partial charge in [-0.2, -0.15) is 0 Å². The van der Waals surface area contributed by atoms with Crippen molar-refractivity contribution in [2.24, 2.45) is 0 Å². The normalized spacial score (nSPS) is 11.1. The molecule has 3 aromatic rings. The summed E-state index contributed by atoms with van der Waals surface area (Å²) in [6, 6.07) is 14.3. The number of amides is 1. The van der Waals surface area contributed by atoms with Crippen molar-refractivity contribution < 1.29 is 9.53 Å². The number of carbonyl (C=O) groups excluding carboxylic acids is 1. The maximum atomic E-state index is 13.0. The van der Waals surface area contributed by atoms with Crippen molar-refractivity contribution in [2.45, 2.75) is 39.7 Å². The van der Waals surface area contributed by atoms with Gasteiger partial charge >= 0.3 is 0 Å². The van der Waals surface area contributed by atoms with Crippen LogP contribution in [0.3, 0.4) is 0 Å². The summed E-state index contributed by atoms with van der Waals surface area (Å²) >= 11 is 1.59. The summed E-state index contributed by atoms with van der Waals surface area (Å²) in [7, 11) is 1.69. The van der Waals surface area contributed by atoms with Crippen LogP contribution in [-0.2, 0) is 16.1 Å². The molecular formula is C22H26N2O2S. The number of nitrogens with zero attached hydrogens (tertiary/aromatic N) is 2. The average molecular weight is 383 g/mol. The van der Waals surface area contributed by atoms with Crippen LogP contribution in [0.2, 0.25) is 0 Å². The van der Waals surface area contributed by atoms with Crippen LogP contribution in [-0.4, -0.2) is 24.6 Å². The molecule has 0 aliphatic carbocycles. The fourth-order valence-electron chi connectivity index (χ4n) is 3.02. The van der Waals surface area contributed by atoms with E-state index in [0.717, 1.165) is 33.8 Å². The number of anilines is 1. The standard InChI is InChI=1S/C22H26N2O2S/c1-16-12-13-19-21(17(16)2)23-22(27-19)24(15-18-9-5-4-6-10-18)20(25)11-7-8-14-26-3/h4-6,9-10,12-13H,7-8,11,14-15H2,1-3H3. The van der Waals surface area contributed by atoms with Gasteiger partial charge in [-0.05, 0) is 49.4 Å². The third kappa shape index (κ3) is 4.73. The highest BCUT2D eigenvalue weighted by atomic mass is 32.1. The second-order valence-corrected chi connectivity index (χ2v) is 7.78. The molecule has 1 heterocycles. The Balaban J connectivity index is 1.89. The van der Waals surface area contributed by atoms with Crippen LogP contribution in [0.5, 0.6) is 0 Å². The first-order valence-corrected chi connectivity index (χ1v) is 10.1. The minimum Gasteiger partial charge on any atom is -0.385 e. The molecule has 4 nitrogen and oxygen atoms in total. The number of rotatable bonds is 8. The fourth-order valence-corrected chi connectivity index (χ4v) is 4.06. The topological polar surface area (TPSA) is 42.4 Å². The van der Waals surface area contributed by atoms with E-state index in [1.54, 1.807) is 18.4 Å². The third-order valence-electron chi connectivity index (χ3n) is 4.78. The predicted octanol–water partition coefficient (Wildman–Crippen LogP) is 5.26. The van der Waals surface area contributed by atoms with Crippen LogP contribution in [0.4, 0.5) is 5.13 Å². The van der Waals surface area contributed by atoms with Crippen molar-refractivity contribution in [3.05, 3.63) is 59.2 Å². The first-order chi connectivity index (χ1) is 13.1. The second kappa shape index (κ2) is 9.11. The fraction of sp³-hybridized carbons (Fsp3) is 0.364. The van der Waals surface area contributed by atoms with Gasteiger partial charge in [0.1, 0.15) is 0 Å². The van der Waals surface area contributed by atoms with Crippen LogP contribution < -0.4 is 4.90 Å². The van der Waals surface area contributed by atoms with Gasteiger partial charge in [-0.15, -0.1) is 0 Å². The van der Waals surface area contributed by atoms with Crippen LogP contribution in [0.15, 0.2) is 42.5 Å². The van der Waals surface area contributed by atoms with Crippen molar-refractivity contribution in [3.8, 4) is 0 Å². The summed E-state index contributed by atoms with van der Waals surface area (Å²) in [5.74, 6) is 0.114. The van der Waals surface area contributed by atoms with Gasteiger partial charge in [0, 0.05) is 20.1 Å². The molecule has 0 saturated heterocycles. The Bertz CT molecular complexity index is 905. The molecule has 1 aromatic heterocycles. The number of benzene rings is 2. The van der Waals surface area contributed by atoms with E-state index in [4.69, 9.17) is 9.72 Å². The van der Waals surface area contributed by atoms with Crippen LogP contribution in [0, 0.1) is 13.8 Å². The molecule has 0 unspecified atom stereocenters. The summed E-state index contributed by atoms with van der Waals surface area (Å²) in [6.45, 7) is 5.42. The first-order valence-electron chi connectivity index (χ1n) is 9.30. The van der Waals surface area contributed by atoms with Gasteiger partial charge in [0.15, 0.2) is 5.13 Å². The molecule has 27 heavy (non-hydrogen) atoms. The van der Waals surface area contributed by atoms with Crippen molar-refractivity contribution in [1.29, 1.82) is 0 Å². The molecule has 0 radical (unpaired) electrons. The number of thiazole rings is 1. The summed E-state index contributed by atoms with van der Waals surface area (Å²) < 4.78 is 6.22. The molecular weight excluding hydrogens is 356 g/mol. The molecule has 2 aromatic carbocycles.